The van der Waals surface area contributed by atoms with Gasteiger partial charge in [-0.1, -0.05) is 26.0 Å². The molecule has 0 aliphatic heterocycles. The zero-order valence-corrected chi connectivity index (χ0v) is 16.5. The van der Waals surface area contributed by atoms with Gasteiger partial charge in [0.15, 0.2) is 5.76 Å². The predicted octanol–water partition coefficient (Wildman–Crippen LogP) is 4.39. The van der Waals surface area contributed by atoms with Gasteiger partial charge in [-0.05, 0) is 43.2 Å². The summed E-state index contributed by atoms with van der Waals surface area (Å²) in [6, 6.07) is 12.3. The summed E-state index contributed by atoms with van der Waals surface area (Å²) in [6.07, 6.45) is 0. The highest BCUT2D eigenvalue weighted by atomic mass is 16.5. The molecule has 0 spiro atoms. The summed E-state index contributed by atoms with van der Waals surface area (Å²) in [7, 11) is 1.59. The van der Waals surface area contributed by atoms with Crippen LogP contribution in [-0.2, 0) is 0 Å². The largest absolute Gasteiger partial charge is 0.497 e. The Morgan fingerprint density at radius 3 is 2.57 bits per heavy atom. The minimum absolute atomic E-state index is 0.209. The molecule has 0 fully saturated rings. The van der Waals surface area contributed by atoms with E-state index in [1.165, 1.54) is 0 Å². The second-order valence-corrected chi connectivity index (χ2v) is 7.02. The van der Waals surface area contributed by atoms with Gasteiger partial charge >= 0.3 is 0 Å². The Kier molecular flexibility index (Phi) is 5.68. The monoisotopic (exact) mass is 380 g/mol. The average molecular weight is 380 g/mol. The Morgan fingerprint density at radius 2 is 1.86 bits per heavy atom. The number of hydrogen-bond acceptors (Lipinski definition) is 4. The highest BCUT2D eigenvalue weighted by Gasteiger charge is 2.20. The second kappa shape index (κ2) is 8.17. The van der Waals surface area contributed by atoms with Crippen molar-refractivity contribution in [1.29, 1.82) is 0 Å². The van der Waals surface area contributed by atoms with E-state index in [0.29, 0.717) is 40.6 Å². The fraction of sp³-hybridized carbons (Fsp3) is 0.273. The summed E-state index contributed by atoms with van der Waals surface area (Å²) in [4.78, 5) is 25.3. The number of methoxy groups -OCH3 is 1. The molecule has 3 aromatic rings. The van der Waals surface area contributed by atoms with Gasteiger partial charge in [-0.15, -0.1) is 0 Å². The van der Waals surface area contributed by atoms with Crippen molar-refractivity contribution in [2.45, 2.75) is 20.8 Å². The number of nitrogens with one attached hydrogen (secondary N) is 2. The molecule has 2 N–H and O–H groups in total. The van der Waals surface area contributed by atoms with Gasteiger partial charge in [0.1, 0.15) is 11.3 Å². The number of rotatable bonds is 6. The van der Waals surface area contributed by atoms with Crippen molar-refractivity contribution in [1.82, 2.24) is 5.32 Å². The zero-order valence-electron chi connectivity index (χ0n) is 16.5. The molecule has 0 bridgehead atoms. The van der Waals surface area contributed by atoms with E-state index in [9.17, 15) is 9.59 Å². The molecule has 1 heterocycles. The van der Waals surface area contributed by atoms with Crippen LogP contribution in [0.3, 0.4) is 0 Å². The third-order valence-electron chi connectivity index (χ3n) is 4.44. The van der Waals surface area contributed by atoms with Gasteiger partial charge in [-0.25, -0.2) is 0 Å². The molecule has 146 valence electrons. The number of benzene rings is 2. The van der Waals surface area contributed by atoms with Crippen LogP contribution in [0.5, 0.6) is 5.75 Å². The number of carbonyl (C=O) groups excluding carboxylic acids is 2. The van der Waals surface area contributed by atoms with Crippen LogP contribution in [0.4, 0.5) is 5.69 Å². The Morgan fingerprint density at radius 1 is 1.11 bits per heavy atom. The van der Waals surface area contributed by atoms with Crippen LogP contribution in [0.25, 0.3) is 11.0 Å². The lowest BCUT2D eigenvalue weighted by Crippen LogP contribution is -2.28. The summed E-state index contributed by atoms with van der Waals surface area (Å²) < 4.78 is 11.0. The van der Waals surface area contributed by atoms with E-state index in [2.05, 4.69) is 10.6 Å². The molecule has 0 atom stereocenters. The number of carbonyl (C=O) groups is 2. The Bertz CT molecular complexity index is 1020. The molecule has 1 aromatic heterocycles. The maximum absolute atomic E-state index is 12.8. The zero-order chi connectivity index (χ0) is 20.3. The van der Waals surface area contributed by atoms with E-state index < -0.39 is 5.91 Å². The van der Waals surface area contributed by atoms with E-state index in [0.717, 1.165) is 5.39 Å². The molecule has 0 aliphatic rings. The first-order valence-corrected chi connectivity index (χ1v) is 9.16. The third-order valence-corrected chi connectivity index (χ3v) is 4.44. The number of amides is 2. The van der Waals surface area contributed by atoms with Gasteiger partial charge in [0.2, 0.25) is 0 Å². The smallest absolute Gasteiger partial charge is 0.291 e. The van der Waals surface area contributed by atoms with E-state index in [4.69, 9.17) is 9.15 Å². The quantitative estimate of drug-likeness (QED) is 0.665. The summed E-state index contributed by atoms with van der Waals surface area (Å²) in [6.45, 7) is 6.42. The van der Waals surface area contributed by atoms with Crippen molar-refractivity contribution >= 4 is 28.5 Å². The number of para-hydroxylation sites is 1. The number of furan rings is 1. The minimum Gasteiger partial charge on any atom is -0.497 e. The van der Waals surface area contributed by atoms with Crippen molar-refractivity contribution in [2.24, 2.45) is 5.92 Å². The molecule has 6 nitrogen and oxygen atoms in total. The SMILES string of the molecule is COc1ccc2oc(C(=O)Nc3ccccc3C(=O)NCC(C)C)c(C)c2c1. The van der Waals surface area contributed by atoms with Crippen molar-refractivity contribution in [3.05, 3.63) is 59.4 Å². The molecule has 0 radical (unpaired) electrons. The predicted molar refractivity (Wildman–Crippen MR) is 109 cm³/mol. The van der Waals surface area contributed by atoms with Crippen molar-refractivity contribution in [2.75, 3.05) is 19.0 Å². The van der Waals surface area contributed by atoms with Crippen molar-refractivity contribution in [3.63, 3.8) is 0 Å². The average Bonchev–Trinajstić information content (AvgIpc) is 3.02. The van der Waals surface area contributed by atoms with Crippen molar-refractivity contribution < 1.29 is 18.7 Å². The number of hydrogen-bond donors (Lipinski definition) is 2. The Balaban J connectivity index is 1.87. The molecular weight excluding hydrogens is 356 g/mol. The number of anilines is 1. The summed E-state index contributed by atoms with van der Waals surface area (Å²) in [5.74, 6) is 0.601. The lowest BCUT2D eigenvalue weighted by Gasteiger charge is -2.12. The third kappa shape index (κ3) is 4.01. The maximum atomic E-state index is 12.8. The van der Waals surface area contributed by atoms with Crippen LogP contribution in [0.1, 0.15) is 40.3 Å². The first kappa shape index (κ1) is 19.5. The number of fused-ring (bicyclic) bond motifs is 1. The Hall–Kier alpha value is -3.28. The highest BCUT2D eigenvalue weighted by Crippen LogP contribution is 2.29. The van der Waals surface area contributed by atoms with Gasteiger partial charge in [0.05, 0.1) is 18.4 Å². The van der Waals surface area contributed by atoms with E-state index >= 15 is 0 Å². The molecule has 0 aliphatic carbocycles. The Labute approximate surface area is 163 Å². The molecular formula is C22H24N2O4. The van der Waals surface area contributed by atoms with Gasteiger partial charge in [-0.3, -0.25) is 9.59 Å². The molecule has 0 saturated carbocycles. The number of ether oxygens (including phenoxy) is 1. The molecule has 3 rings (SSSR count). The van der Waals surface area contributed by atoms with Gasteiger partial charge in [0, 0.05) is 17.5 Å². The number of aryl methyl sites for hydroxylation is 1. The minimum atomic E-state index is -0.406. The molecule has 0 saturated heterocycles. The molecule has 28 heavy (non-hydrogen) atoms. The normalized spacial score (nSPS) is 10.9. The summed E-state index contributed by atoms with van der Waals surface area (Å²) in [5, 5.41) is 6.48. The first-order chi connectivity index (χ1) is 13.4. The highest BCUT2D eigenvalue weighted by molar-refractivity contribution is 6.10. The maximum Gasteiger partial charge on any atom is 0.291 e. The van der Waals surface area contributed by atoms with Gasteiger partial charge < -0.3 is 19.8 Å². The van der Waals surface area contributed by atoms with Crippen LogP contribution in [0.2, 0.25) is 0 Å². The lowest BCUT2D eigenvalue weighted by molar-refractivity contribution is 0.0950. The van der Waals surface area contributed by atoms with Crippen LogP contribution < -0.4 is 15.4 Å². The van der Waals surface area contributed by atoms with Gasteiger partial charge in [-0.2, -0.15) is 0 Å². The fourth-order valence-electron chi connectivity index (χ4n) is 2.90. The second-order valence-electron chi connectivity index (χ2n) is 7.02. The van der Waals surface area contributed by atoms with Crippen LogP contribution >= 0.6 is 0 Å². The standard InChI is InChI=1S/C22H24N2O4/c1-13(2)12-23-21(25)16-7-5-6-8-18(16)24-22(26)20-14(3)17-11-15(27-4)9-10-19(17)28-20/h5-11,13H,12H2,1-4H3,(H,23,25)(H,24,26). The molecule has 2 aromatic carbocycles. The lowest BCUT2D eigenvalue weighted by atomic mass is 10.1. The van der Waals surface area contributed by atoms with Crippen molar-refractivity contribution in [3.8, 4) is 5.75 Å². The van der Waals surface area contributed by atoms with Gasteiger partial charge in [0.25, 0.3) is 11.8 Å². The molecule has 0 unspecified atom stereocenters. The van der Waals surface area contributed by atoms with E-state index in [1.807, 2.05) is 26.8 Å². The first-order valence-electron chi connectivity index (χ1n) is 9.16. The van der Waals surface area contributed by atoms with Crippen LogP contribution in [0, 0.1) is 12.8 Å². The fourth-order valence-corrected chi connectivity index (χ4v) is 2.90. The molecule has 6 heteroatoms. The van der Waals surface area contributed by atoms with E-state index in [-0.39, 0.29) is 11.7 Å². The topological polar surface area (TPSA) is 80.6 Å². The summed E-state index contributed by atoms with van der Waals surface area (Å²) in [5.41, 5.74) is 2.16. The summed E-state index contributed by atoms with van der Waals surface area (Å²) >= 11 is 0. The van der Waals surface area contributed by atoms with E-state index in [1.54, 1.807) is 43.5 Å². The molecule has 2 amide bonds. The van der Waals surface area contributed by atoms with Crippen LogP contribution in [-0.4, -0.2) is 25.5 Å². The van der Waals surface area contributed by atoms with Crippen LogP contribution in [0.15, 0.2) is 46.9 Å².